The van der Waals surface area contributed by atoms with Crippen molar-refractivity contribution in [1.29, 1.82) is 0 Å². The zero-order valence-electron chi connectivity index (χ0n) is 6.76. The molecule has 0 nitrogen and oxygen atoms in total. The van der Waals surface area contributed by atoms with Crippen LogP contribution in [0.1, 0.15) is 0 Å². The van der Waals surface area contributed by atoms with Gasteiger partial charge in [-0.2, -0.15) is 11.3 Å². The molecule has 0 bridgehead atoms. The smallest absolute Gasteiger partial charge is 0.444 e. The average Bonchev–Trinajstić information content (AvgIpc) is 2.37. The van der Waals surface area contributed by atoms with Crippen molar-refractivity contribution in [2.45, 2.75) is 0 Å². The number of rotatable bonds is 1. The number of halogens is 3. The Morgan fingerprint density at radius 1 is 1.15 bits per heavy atom. The maximum Gasteiger partial charge on any atom is 1.00 e. The third-order valence-electron chi connectivity index (χ3n) is 1.48. The van der Waals surface area contributed by atoms with Gasteiger partial charge in [-0.1, -0.05) is 10.8 Å². The van der Waals surface area contributed by atoms with E-state index in [1.54, 1.807) is 11.4 Å². The number of fused-ring (bicyclic) bond motifs is 1. The molecule has 0 N–H and O–H groups in total. The van der Waals surface area contributed by atoms with E-state index in [1.165, 1.54) is 17.4 Å². The quantitative estimate of drug-likeness (QED) is 0.622. The Morgan fingerprint density at radius 3 is 2.38 bits per heavy atom. The van der Waals surface area contributed by atoms with Gasteiger partial charge in [-0.15, -0.1) is 11.3 Å². The van der Waals surface area contributed by atoms with Gasteiger partial charge in [0, 0.05) is 9.40 Å². The summed E-state index contributed by atoms with van der Waals surface area (Å²) in [6, 6.07) is 2.95. The molecule has 0 aliphatic heterocycles. The van der Waals surface area contributed by atoms with Gasteiger partial charge >= 0.3 is 58.4 Å². The molecule has 0 atom stereocenters. The number of hydrogen-bond donors (Lipinski definition) is 0. The van der Waals surface area contributed by atoms with E-state index in [2.05, 4.69) is 0 Å². The van der Waals surface area contributed by atoms with Gasteiger partial charge in [0.2, 0.25) is 0 Å². The van der Waals surface area contributed by atoms with Gasteiger partial charge in [0.15, 0.2) is 0 Å². The van der Waals surface area contributed by atoms with Crippen molar-refractivity contribution in [3.8, 4) is 0 Å². The maximum atomic E-state index is 12.2. The molecule has 0 aliphatic rings. The van der Waals surface area contributed by atoms with E-state index in [4.69, 9.17) is 0 Å². The molecule has 0 fully saturated rings. The second-order valence-electron chi connectivity index (χ2n) is 2.37. The molecule has 0 amide bonds. The van der Waals surface area contributed by atoms with E-state index >= 15 is 0 Å². The van der Waals surface area contributed by atoms with Crippen molar-refractivity contribution in [3.63, 3.8) is 0 Å². The van der Waals surface area contributed by atoms with E-state index in [-0.39, 0.29) is 51.4 Å². The Morgan fingerprint density at radius 2 is 1.85 bits per heavy atom. The van der Waals surface area contributed by atoms with Crippen LogP contribution in [0.15, 0.2) is 17.5 Å². The largest absolute Gasteiger partial charge is 1.00 e. The maximum absolute atomic E-state index is 12.2. The first kappa shape index (κ1) is 12.2. The summed E-state index contributed by atoms with van der Waals surface area (Å²) in [6.07, 6.45) is 0. The summed E-state index contributed by atoms with van der Waals surface area (Å²) < 4.78 is 37.6. The minimum atomic E-state index is -4.80. The molecular formula is C6H3BF3KS2. The van der Waals surface area contributed by atoms with Gasteiger partial charge in [0.25, 0.3) is 0 Å². The first-order valence-electron chi connectivity index (χ1n) is 3.24. The summed E-state index contributed by atoms with van der Waals surface area (Å²) in [7, 11) is 0. The van der Waals surface area contributed by atoms with Crippen molar-refractivity contribution < 1.29 is 64.3 Å². The van der Waals surface area contributed by atoms with Crippen molar-refractivity contribution in [1.82, 2.24) is 0 Å². The average molecular weight is 246 g/mol. The predicted octanol–water partition coefficient (Wildman–Crippen LogP) is 0.0212. The summed E-state index contributed by atoms with van der Waals surface area (Å²) in [5, 5.41) is 1.80. The second-order valence-corrected chi connectivity index (χ2v) is 4.44. The first-order valence-corrected chi connectivity index (χ1v) is 4.94. The molecule has 7 heteroatoms. The van der Waals surface area contributed by atoms with Gasteiger partial charge in [0.05, 0.1) is 0 Å². The van der Waals surface area contributed by atoms with Crippen molar-refractivity contribution in [3.05, 3.63) is 17.5 Å². The van der Waals surface area contributed by atoms with Crippen LogP contribution in [-0.4, -0.2) is 6.98 Å². The minimum absolute atomic E-state index is 0. The Kier molecular flexibility index (Phi) is 4.08. The topological polar surface area (TPSA) is 0 Å². The molecule has 2 heterocycles. The fourth-order valence-corrected chi connectivity index (χ4v) is 2.97. The summed E-state index contributed by atoms with van der Waals surface area (Å²) in [6.45, 7) is -4.80. The Balaban J connectivity index is 0.000000845. The molecule has 2 rings (SSSR count). The molecule has 0 aliphatic carbocycles. The molecule has 2 aromatic rings. The van der Waals surface area contributed by atoms with Gasteiger partial charge in [-0.05, 0) is 11.4 Å². The van der Waals surface area contributed by atoms with Crippen molar-refractivity contribution >= 4 is 43.8 Å². The van der Waals surface area contributed by atoms with Crippen molar-refractivity contribution in [2.24, 2.45) is 0 Å². The van der Waals surface area contributed by atoms with Crippen LogP contribution in [0.25, 0.3) is 9.40 Å². The molecule has 0 radical (unpaired) electrons. The minimum Gasteiger partial charge on any atom is -0.444 e. The molecule has 0 aromatic carbocycles. The van der Waals surface area contributed by atoms with E-state index in [9.17, 15) is 12.9 Å². The Bertz CT molecular complexity index is 377. The Hall–Kier alpha value is 1.15. The van der Waals surface area contributed by atoms with Crippen LogP contribution >= 0.6 is 22.7 Å². The second kappa shape index (κ2) is 4.34. The third-order valence-corrected chi connectivity index (χ3v) is 3.67. The third kappa shape index (κ3) is 2.59. The van der Waals surface area contributed by atoms with E-state index in [0.29, 0.717) is 0 Å². The van der Waals surface area contributed by atoms with E-state index in [0.717, 1.165) is 20.7 Å². The summed E-state index contributed by atoms with van der Waals surface area (Å²) >= 11 is 2.17. The molecular weight excluding hydrogens is 243 g/mol. The van der Waals surface area contributed by atoms with Gasteiger partial charge in [0.1, 0.15) is 0 Å². The Labute approximate surface area is 124 Å². The fraction of sp³-hybridized carbons (Fsp3) is 0. The van der Waals surface area contributed by atoms with E-state index < -0.39 is 11.8 Å². The standard InChI is InChI=1S/C6H3BF3S2.K/c8-7(9,10)6-3-5-4(12-6)1-2-11-5;/h1-3H;/q-1;+1. The van der Waals surface area contributed by atoms with Crippen LogP contribution in [0.5, 0.6) is 0 Å². The van der Waals surface area contributed by atoms with Gasteiger partial charge in [-0.25, -0.2) is 0 Å². The SMILES string of the molecule is F[B-](F)(F)c1cc2sccc2s1.[K+]. The van der Waals surface area contributed by atoms with E-state index in [1.807, 2.05) is 0 Å². The summed E-state index contributed by atoms with van der Waals surface area (Å²) in [5.41, 5.74) is 0. The fourth-order valence-electron chi connectivity index (χ4n) is 0.946. The van der Waals surface area contributed by atoms with Crippen molar-refractivity contribution in [2.75, 3.05) is 0 Å². The van der Waals surface area contributed by atoms with Crippen LogP contribution in [0, 0.1) is 0 Å². The number of hydrogen-bond acceptors (Lipinski definition) is 2. The molecule has 13 heavy (non-hydrogen) atoms. The van der Waals surface area contributed by atoms with Gasteiger partial charge < -0.3 is 12.9 Å². The van der Waals surface area contributed by atoms with Crippen LogP contribution < -0.4 is 56.2 Å². The molecule has 64 valence electrons. The summed E-state index contributed by atoms with van der Waals surface area (Å²) in [5.74, 6) is 0. The zero-order valence-corrected chi connectivity index (χ0v) is 11.5. The molecule has 0 saturated carbocycles. The van der Waals surface area contributed by atoms with Crippen LogP contribution in [-0.2, 0) is 0 Å². The summed E-state index contributed by atoms with van der Waals surface area (Å²) in [4.78, 5) is 0. The van der Waals surface area contributed by atoms with Crippen LogP contribution in [0.4, 0.5) is 12.9 Å². The molecule has 0 saturated heterocycles. The van der Waals surface area contributed by atoms with Crippen LogP contribution in [0.3, 0.4) is 0 Å². The zero-order chi connectivity index (χ0) is 8.77. The first-order chi connectivity index (χ1) is 5.57. The normalized spacial score (nSPS) is 11.6. The molecule has 2 aromatic heterocycles. The van der Waals surface area contributed by atoms with Crippen LogP contribution in [0.2, 0.25) is 0 Å². The monoisotopic (exact) mass is 246 g/mol. The predicted molar refractivity (Wildman–Crippen MR) is 48.4 cm³/mol. The molecule has 0 unspecified atom stereocenters. The van der Waals surface area contributed by atoms with Gasteiger partial charge in [-0.3, -0.25) is 0 Å². The molecule has 0 spiro atoms. The number of thiophene rings is 2.